The Morgan fingerprint density at radius 3 is 1.73 bits per heavy atom. The number of hydrogen-bond acceptors (Lipinski definition) is 2. The molecule has 0 spiro atoms. The molecule has 1 aliphatic rings. The van der Waals surface area contributed by atoms with E-state index in [1.807, 2.05) is 11.3 Å². The zero-order chi connectivity index (χ0) is 39.5. The van der Waals surface area contributed by atoms with Crippen molar-refractivity contribution in [2.75, 3.05) is 4.90 Å². The first-order valence-corrected chi connectivity index (χ1v) is 21.2. The summed E-state index contributed by atoms with van der Waals surface area (Å²) in [5.74, 6) is 0. The highest BCUT2D eigenvalue weighted by molar-refractivity contribution is 7.25. The molecule has 1 aromatic heterocycles. The second kappa shape index (κ2) is 14.1. The first-order valence-electron chi connectivity index (χ1n) is 20.4. The first kappa shape index (κ1) is 35.2. The quantitative estimate of drug-likeness (QED) is 0.156. The van der Waals surface area contributed by atoms with Gasteiger partial charge in [0.1, 0.15) is 0 Å². The van der Waals surface area contributed by atoms with Crippen LogP contribution < -0.4 is 4.90 Å². The van der Waals surface area contributed by atoms with Gasteiger partial charge in [-0.1, -0.05) is 190 Å². The van der Waals surface area contributed by atoms with E-state index in [2.05, 4.69) is 231 Å². The Bertz CT molecular complexity index is 3190. The zero-order valence-electron chi connectivity index (χ0n) is 33.1. The van der Waals surface area contributed by atoms with E-state index in [0.717, 1.165) is 17.1 Å². The number of thiophene rings is 1. The monoisotopic (exact) mass is 771 g/mol. The van der Waals surface area contributed by atoms with Gasteiger partial charge in [0, 0.05) is 42.4 Å². The lowest BCUT2D eigenvalue weighted by atomic mass is 9.81. The maximum atomic E-state index is 2.52. The summed E-state index contributed by atoms with van der Waals surface area (Å²) in [6.07, 6.45) is 0. The predicted molar refractivity (Wildman–Crippen MR) is 253 cm³/mol. The highest BCUT2D eigenvalue weighted by Gasteiger charge is 2.35. The number of fused-ring (bicyclic) bond motifs is 6. The van der Waals surface area contributed by atoms with E-state index >= 15 is 0 Å². The molecule has 11 rings (SSSR count). The van der Waals surface area contributed by atoms with Crippen LogP contribution in [0.3, 0.4) is 0 Å². The molecule has 0 bridgehead atoms. The normalized spacial score (nSPS) is 12.7. The van der Waals surface area contributed by atoms with Gasteiger partial charge in [0.2, 0.25) is 0 Å². The molecule has 9 aromatic carbocycles. The molecule has 0 saturated heterocycles. The van der Waals surface area contributed by atoms with Gasteiger partial charge in [-0.15, -0.1) is 11.3 Å². The van der Waals surface area contributed by atoms with E-state index in [1.54, 1.807) is 0 Å². The lowest BCUT2D eigenvalue weighted by Gasteiger charge is -2.31. The van der Waals surface area contributed by atoms with Crippen molar-refractivity contribution in [1.82, 2.24) is 0 Å². The minimum atomic E-state index is -0.110. The molecule has 0 aliphatic heterocycles. The molecule has 0 saturated carbocycles. The zero-order valence-corrected chi connectivity index (χ0v) is 33.9. The second-order valence-corrected chi connectivity index (χ2v) is 17.1. The van der Waals surface area contributed by atoms with Crippen molar-refractivity contribution in [1.29, 1.82) is 0 Å². The molecule has 0 N–H and O–H groups in total. The summed E-state index contributed by atoms with van der Waals surface area (Å²) in [5, 5.41) is 2.59. The molecular formula is C57H41NS. The Morgan fingerprint density at radius 2 is 0.932 bits per heavy atom. The van der Waals surface area contributed by atoms with Crippen LogP contribution in [-0.2, 0) is 5.41 Å². The standard InChI is InChI=1S/C57H41NS/c1-57(2)50-28-14-11-24-45(50)46-34-32-40(36-51(46)57)43-23-12-15-29-52(43)58(41-33-35-48-47-25-13-16-31-54(47)59-55(48)37-41)53-30-17-27-44(39-20-7-4-8-21-39)56(53)49-26-10-9-22-42(49)38-18-5-3-6-19-38/h3-37H,1-2H3. The van der Waals surface area contributed by atoms with Gasteiger partial charge in [0.25, 0.3) is 0 Å². The van der Waals surface area contributed by atoms with Crippen molar-refractivity contribution in [3.05, 3.63) is 223 Å². The van der Waals surface area contributed by atoms with Crippen LogP contribution >= 0.6 is 11.3 Å². The molecule has 0 unspecified atom stereocenters. The lowest BCUT2D eigenvalue weighted by Crippen LogP contribution is -2.15. The van der Waals surface area contributed by atoms with Gasteiger partial charge in [0.05, 0.1) is 11.4 Å². The maximum Gasteiger partial charge on any atom is 0.0546 e. The third-order valence-corrected chi connectivity index (χ3v) is 13.4. The van der Waals surface area contributed by atoms with Crippen LogP contribution in [0.15, 0.2) is 212 Å². The number of anilines is 3. The van der Waals surface area contributed by atoms with Crippen molar-refractivity contribution in [2.24, 2.45) is 0 Å². The van der Waals surface area contributed by atoms with Gasteiger partial charge in [-0.05, 0) is 92.0 Å². The molecule has 0 radical (unpaired) electrons. The molecule has 59 heavy (non-hydrogen) atoms. The number of nitrogens with zero attached hydrogens (tertiary/aromatic N) is 1. The fraction of sp³-hybridized carbons (Fsp3) is 0.0526. The van der Waals surface area contributed by atoms with E-state index in [-0.39, 0.29) is 5.41 Å². The van der Waals surface area contributed by atoms with E-state index in [9.17, 15) is 0 Å². The van der Waals surface area contributed by atoms with Crippen molar-refractivity contribution in [3.63, 3.8) is 0 Å². The number of hydrogen-bond donors (Lipinski definition) is 0. The summed E-state index contributed by atoms with van der Waals surface area (Å²) < 4.78 is 2.57. The summed E-state index contributed by atoms with van der Waals surface area (Å²) in [5.41, 5.74) is 18.2. The average molecular weight is 772 g/mol. The highest BCUT2D eigenvalue weighted by atomic mass is 32.1. The third-order valence-electron chi connectivity index (χ3n) is 12.3. The molecule has 2 heteroatoms. The van der Waals surface area contributed by atoms with E-state index in [0.29, 0.717) is 0 Å². The molecule has 0 amide bonds. The Labute approximate surface area is 350 Å². The lowest BCUT2D eigenvalue weighted by molar-refractivity contribution is 0.660. The third kappa shape index (κ3) is 5.82. The molecule has 10 aromatic rings. The second-order valence-electron chi connectivity index (χ2n) is 16.0. The molecule has 280 valence electrons. The van der Waals surface area contributed by atoms with Crippen LogP contribution in [0.1, 0.15) is 25.0 Å². The number of para-hydroxylation sites is 1. The van der Waals surface area contributed by atoms with E-state index in [4.69, 9.17) is 0 Å². The SMILES string of the molecule is CC1(C)c2ccccc2-c2ccc(-c3ccccc3N(c3ccc4c(c3)sc3ccccc34)c3cccc(-c4ccccc4)c3-c3ccccc3-c3ccccc3)cc21. The van der Waals surface area contributed by atoms with Gasteiger partial charge in [0.15, 0.2) is 0 Å². The Morgan fingerprint density at radius 1 is 0.356 bits per heavy atom. The summed E-state index contributed by atoms with van der Waals surface area (Å²) in [7, 11) is 0. The van der Waals surface area contributed by atoms with Gasteiger partial charge in [-0.3, -0.25) is 0 Å². The Balaban J connectivity index is 1.20. The van der Waals surface area contributed by atoms with Crippen molar-refractivity contribution < 1.29 is 0 Å². The number of rotatable bonds is 7. The molecule has 0 atom stereocenters. The molecule has 1 nitrogen and oxygen atoms in total. The highest BCUT2D eigenvalue weighted by Crippen LogP contribution is 2.53. The van der Waals surface area contributed by atoms with E-state index in [1.165, 1.54) is 86.9 Å². The summed E-state index contributed by atoms with van der Waals surface area (Å²) in [4.78, 5) is 2.52. The summed E-state index contributed by atoms with van der Waals surface area (Å²) in [6, 6.07) is 78.2. The van der Waals surface area contributed by atoms with Crippen LogP contribution in [0.25, 0.3) is 75.8 Å². The van der Waals surface area contributed by atoms with Gasteiger partial charge >= 0.3 is 0 Å². The average Bonchev–Trinajstić information content (AvgIpc) is 3.78. The maximum absolute atomic E-state index is 2.52. The van der Waals surface area contributed by atoms with Crippen LogP contribution in [0.2, 0.25) is 0 Å². The fourth-order valence-electron chi connectivity index (χ4n) is 9.48. The van der Waals surface area contributed by atoms with Gasteiger partial charge < -0.3 is 4.90 Å². The van der Waals surface area contributed by atoms with Gasteiger partial charge in [-0.25, -0.2) is 0 Å². The summed E-state index contributed by atoms with van der Waals surface area (Å²) >= 11 is 1.87. The predicted octanol–water partition coefficient (Wildman–Crippen LogP) is 16.5. The van der Waals surface area contributed by atoms with Gasteiger partial charge in [-0.2, -0.15) is 0 Å². The van der Waals surface area contributed by atoms with Crippen LogP contribution in [-0.4, -0.2) is 0 Å². The number of benzene rings is 9. The van der Waals surface area contributed by atoms with Crippen molar-refractivity contribution in [2.45, 2.75) is 19.3 Å². The Hall–Kier alpha value is -7.00. The molecule has 0 fully saturated rings. The van der Waals surface area contributed by atoms with E-state index < -0.39 is 0 Å². The van der Waals surface area contributed by atoms with Crippen LogP contribution in [0.4, 0.5) is 17.1 Å². The Kier molecular flexibility index (Phi) is 8.43. The minimum Gasteiger partial charge on any atom is -0.309 e. The van der Waals surface area contributed by atoms with Crippen LogP contribution in [0, 0.1) is 0 Å². The van der Waals surface area contributed by atoms with Crippen LogP contribution in [0.5, 0.6) is 0 Å². The van der Waals surface area contributed by atoms with Crippen molar-refractivity contribution in [3.8, 4) is 55.6 Å². The summed E-state index contributed by atoms with van der Waals surface area (Å²) in [6.45, 7) is 4.73. The molecule has 1 aliphatic carbocycles. The fourth-order valence-corrected chi connectivity index (χ4v) is 10.6. The molecular weight excluding hydrogens is 731 g/mol. The first-order chi connectivity index (χ1) is 29.0. The largest absolute Gasteiger partial charge is 0.309 e. The van der Waals surface area contributed by atoms with Crippen molar-refractivity contribution >= 4 is 48.6 Å². The minimum absolute atomic E-state index is 0.110. The smallest absolute Gasteiger partial charge is 0.0546 e. The molecule has 1 heterocycles. The topological polar surface area (TPSA) is 3.24 Å².